The van der Waals surface area contributed by atoms with Crippen LogP contribution in [-0.4, -0.2) is 78.1 Å². The number of hydroxylamine groups is 2. The van der Waals surface area contributed by atoms with Gasteiger partial charge in [0.1, 0.15) is 12.8 Å². The smallest absolute Gasteiger partial charge is 0.375 e. The van der Waals surface area contributed by atoms with E-state index in [0.717, 1.165) is 18.4 Å². The topological polar surface area (TPSA) is 198 Å². The van der Waals surface area contributed by atoms with Crippen LogP contribution in [0.25, 0.3) is 0 Å². The van der Waals surface area contributed by atoms with Crippen molar-refractivity contribution in [3.8, 4) is 0 Å². The molecule has 2 aliphatic rings. The Hall–Kier alpha value is -3.79. The fraction of sp³-hybridized carbons (Fsp3) is 0.438. The lowest BCUT2D eigenvalue weighted by Gasteiger charge is -2.15. The first kappa shape index (κ1) is 22.9. The summed E-state index contributed by atoms with van der Waals surface area (Å²) >= 11 is 1.03. The maximum absolute atomic E-state index is 12.7. The zero-order valence-electron chi connectivity index (χ0n) is 16.6. The molecule has 2 fully saturated rings. The molecule has 172 valence electrons. The zero-order chi connectivity index (χ0) is 23.4. The number of esters is 2. The van der Waals surface area contributed by atoms with E-state index in [0.29, 0.717) is 0 Å². The van der Waals surface area contributed by atoms with Crippen molar-refractivity contribution in [2.24, 2.45) is 5.16 Å². The average Bonchev–Trinajstić information content (AvgIpc) is 3.46. The normalized spacial score (nSPS) is 23.0. The number of rotatable bonds is 7. The lowest BCUT2D eigenvalue weighted by molar-refractivity contribution is -0.317. The highest BCUT2D eigenvalue weighted by Crippen LogP contribution is 2.22. The Balaban J connectivity index is 1.76. The molecule has 3 heterocycles. The van der Waals surface area contributed by atoms with E-state index in [4.69, 9.17) is 20.1 Å². The number of carbonyl (C=O) groups excluding carboxylic acids is 5. The van der Waals surface area contributed by atoms with Crippen LogP contribution in [0.1, 0.15) is 18.5 Å². The molecule has 0 aromatic carbocycles. The van der Waals surface area contributed by atoms with E-state index in [2.05, 4.69) is 25.0 Å². The SMILES string of the molecule is CON=C(C(=O)N[C@@H]1C(=O)N(OC(=O)C2CCC(=O)O2)O[C@H]1C(=O)OC)c1csc(N)n1. The zero-order valence-corrected chi connectivity index (χ0v) is 17.4. The number of nitrogen functional groups attached to an aromatic ring is 1. The van der Waals surface area contributed by atoms with Crippen LogP contribution in [0.3, 0.4) is 0 Å². The van der Waals surface area contributed by atoms with Gasteiger partial charge in [-0.05, 0) is 5.23 Å². The first-order valence-corrected chi connectivity index (χ1v) is 9.76. The third kappa shape index (κ3) is 4.75. The number of nitrogens with two attached hydrogens (primary N) is 1. The predicted molar refractivity (Wildman–Crippen MR) is 101 cm³/mol. The quantitative estimate of drug-likeness (QED) is 0.253. The minimum absolute atomic E-state index is 0.000776. The maximum atomic E-state index is 12.7. The van der Waals surface area contributed by atoms with Gasteiger partial charge >= 0.3 is 23.8 Å². The molecule has 32 heavy (non-hydrogen) atoms. The van der Waals surface area contributed by atoms with E-state index in [-0.39, 0.29) is 34.6 Å². The molecular formula is C16H17N5O10S. The van der Waals surface area contributed by atoms with Crippen molar-refractivity contribution >= 4 is 51.9 Å². The van der Waals surface area contributed by atoms with Crippen molar-refractivity contribution < 1.29 is 48.0 Å². The van der Waals surface area contributed by atoms with Crippen molar-refractivity contribution in [3.05, 3.63) is 11.1 Å². The molecule has 2 saturated heterocycles. The monoisotopic (exact) mass is 471 g/mol. The van der Waals surface area contributed by atoms with E-state index in [1.807, 2.05) is 0 Å². The Morgan fingerprint density at radius 3 is 2.62 bits per heavy atom. The minimum Gasteiger partial charge on any atom is -0.467 e. The van der Waals surface area contributed by atoms with E-state index >= 15 is 0 Å². The maximum Gasteiger partial charge on any atom is 0.375 e. The fourth-order valence-corrected chi connectivity index (χ4v) is 3.24. The number of oxime groups is 1. The molecule has 16 heteroatoms. The Kier molecular flexibility index (Phi) is 6.84. The van der Waals surface area contributed by atoms with Gasteiger partial charge in [0, 0.05) is 18.2 Å². The summed E-state index contributed by atoms with van der Waals surface area (Å²) in [6, 6.07) is -1.66. The molecule has 3 N–H and O–H groups in total. The minimum atomic E-state index is -1.69. The van der Waals surface area contributed by atoms with Gasteiger partial charge in [0.2, 0.25) is 12.2 Å². The number of thiazole rings is 1. The first-order valence-electron chi connectivity index (χ1n) is 8.88. The fourth-order valence-electron chi connectivity index (χ4n) is 2.69. The number of nitrogens with one attached hydrogen (secondary N) is 1. The summed E-state index contributed by atoms with van der Waals surface area (Å²) in [5.41, 5.74) is 5.27. The van der Waals surface area contributed by atoms with Gasteiger partial charge in [-0.15, -0.1) is 11.3 Å². The lowest BCUT2D eigenvalue weighted by Crippen LogP contribution is -2.51. The average molecular weight is 471 g/mol. The third-order valence-electron chi connectivity index (χ3n) is 4.16. The number of cyclic esters (lactones) is 1. The number of anilines is 1. The Morgan fingerprint density at radius 1 is 1.31 bits per heavy atom. The van der Waals surface area contributed by atoms with E-state index in [1.54, 1.807) is 0 Å². The van der Waals surface area contributed by atoms with Crippen LogP contribution in [-0.2, 0) is 48.0 Å². The van der Waals surface area contributed by atoms with Gasteiger partial charge in [-0.1, -0.05) is 5.16 Å². The number of hydrogen-bond acceptors (Lipinski definition) is 14. The molecular weight excluding hydrogens is 454 g/mol. The van der Waals surface area contributed by atoms with Crippen molar-refractivity contribution in [1.29, 1.82) is 0 Å². The number of carbonyl (C=O) groups is 5. The van der Waals surface area contributed by atoms with Crippen LogP contribution in [0.4, 0.5) is 5.13 Å². The molecule has 0 bridgehead atoms. The van der Waals surface area contributed by atoms with Crippen LogP contribution in [0.15, 0.2) is 10.5 Å². The Morgan fingerprint density at radius 2 is 2.06 bits per heavy atom. The van der Waals surface area contributed by atoms with Crippen LogP contribution >= 0.6 is 11.3 Å². The molecule has 3 atom stereocenters. The number of methoxy groups -OCH3 is 1. The summed E-state index contributed by atoms with van der Waals surface area (Å²) in [5, 5.41) is 7.51. The van der Waals surface area contributed by atoms with Crippen molar-refractivity contribution in [3.63, 3.8) is 0 Å². The second-order valence-electron chi connectivity index (χ2n) is 6.22. The van der Waals surface area contributed by atoms with Crippen LogP contribution in [0.5, 0.6) is 0 Å². The predicted octanol–water partition coefficient (Wildman–Crippen LogP) is -1.96. The van der Waals surface area contributed by atoms with Gasteiger partial charge in [-0.25, -0.2) is 19.4 Å². The highest BCUT2D eigenvalue weighted by molar-refractivity contribution is 7.13. The summed E-state index contributed by atoms with van der Waals surface area (Å²) in [7, 11) is 2.21. The summed E-state index contributed by atoms with van der Waals surface area (Å²) in [6.45, 7) is 0. The third-order valence-corrected chi connectivity index (χ3v) is 4.83. The Bertz CT molecular complexity index is 978. The second kappa shape index (κ2) is 9.56. The molecule has 1 aromatic rings. The number of amides is 2. The molecule has 0 aliphatic carbocycles. The number of nitrogens with zero attached hydrogens (tertiary/aromatic N) is 3. The molecule has 0 radical (unpaired) electrons. The van der Waals surface area contributed by atoms with E-state index < -0.39 is 48.0 Å². The van der Waals surface area contributed by atoms with Gasteiger partial charge in [0.05, 0.1) is 7.11 Å². The molecule has 1 unspecified atom stereocenters. The van der Waals surface area contributed by atoms with Crippen molar-refractivity contribution in [2.45, 2.75) is 31.1 Å². The van der Waals surface area contributed by atoms with Crippen molar-refractivity contribution in [1.82, 2.24) is 15.5 Å². The largest absolute Gasteiger partial charge is 0.467 e. The number of ether oxygens (including phenoxy) is 2. The number of aromatic nitrogens is 1. The van der Waals surface area contributed by atoms with E-state index in [1.165, 1.54) is 12.5 Å². The summed E-state index contributed by atoms with van der Waals surface area (Å²) in [4.78, 5) is 79.2. The highest BCUT2D eigenvalue weighted by atomic mass is 32.1. The standard InChI is InChI=1S/C16H17N5O10S/c1-27-15(26)11-10(19-12(23)9(20-28-2)6-5-32-16(17)18-6)13(24)21(30-11)31-14(25)7-3-4-8(22)29-7/h5,7,10-11H,3-4H2,1-2H3,(H2,17,18)(H,19,23)/t7?,10-,11+/m0/s1. The number of hydrogen-bond donors (Lipinski definition) is 2. The van der Waals surface area contributed by atoms with E-state index in [9.17, 15) is 24.0 Å². The molecule has 3 rings (SSSR count). The van der Waals surface area contributed by atoms with Gasteiger partial charge in [-0.3, -0.25) is 14.4 Å². The summed E-state index contributed by atoms with van der Waals surface area (Å²) in [5.74, 6) is -4.82. The highest BCUT2D eigenvalue weighted by Gasteiger charge is 2.51. The molecule has 1 aromatic heterocycles. The van der Waals surface area contributed by atoms with Crippen LogP contribution in [0, 0.1) is 0 Å². The molecule has 0 saturated carbocycles. The lowest BCUT2D eigenvalue weighted by atomic mass is 10.1. The van der Waals surface area contributed by atoms with Crippen molar-refractivity contribution in [2.75, 3.05) is 20.0 Å². The summed E-state index contributed by atoms with van der Waals surface area (Å²) in [6.07, 6.45) is -2.88. The summed E-state index contributed by atoms with van der Waals surface area (Å²) < 4.78 is 9.32. The second-order valence-corrected chi connectivity index (χ2v) is 7.11. The van der Waals surface area contributed by atoms with Gasteiger partial charge < -0.3 is 30.2 Å². The molecule has 2 aliphatic heterocycles. The Labute approximate surface area is 183 Å². The van der Waals surface area contributed by atoms with Crippen LogP contribution in [0.2, 0.25) is 0 Å². The van der Waals surface area contributed by atoms with Gasteiger partial charge in [0.15, 0.2) is 16.9 Å². The first-order chi connectivity index (χ1) is 15.2. The van der Waals surface area contributed by atoms with Crippen LogP contribution < -0.4 is 11.1 Å². The molecule has 0 spiro atoms. The van der Waals surface area contributed by atoms with Gasteiger partial charge in [-0.2, -0.15) is 0 Å². The van der Waals surface area contributed by atoms with Gasteiger partial charge in [0.25, 0.3) is 5.91 Å². The molecule has 2 amide bonds. The molecule has 15 nitrogen and oxygen atoms in total.